The zero-order valence-corrected chi connectivity index (χ0v) is 13.6. The Labute approximate surface area is 136 Å². The average molecular weight is 366 g/mol. The molecule has 0 radical (unpaired) electrons. The van der Waals surface area contributed by atoms with Gasteiger partial charge in [0, 0.05) is 5.92 Å². The number of rotatable bonds is 2. The number of benzene rings is 1. The fourth-order valence-electron chi connectivity index (χ4n) is 2.66. The van der Waals surface area contributed by atoms with Crippen LogP contribution in [0.15, 0.2) is 41.0 Å². The van der Waals surface area contributed by atoms with Gasteiger partial charge in [-0.05, 0) is 52.4 Å². The summed E-state index contributed by atoms with van der Waals surface area (Å²) < 4.78 is 0.677. The summed E-state index contributed by atoms with van der Waals surface area (Å²) in [6.07, 6.45) is 4.20. The maximum Gasteiger partial charge on any atom is 0.227 e. The van der Waals surface area contributed by atoms with Gasteiger partial charge in [-0.1, -0.05) is 35.9 Å². The molecule has 21 heavy (non-hydrogen) atoms. The second-order valence-corrected chi connectivity index (χ2v) is 6.41. The molecule has 1 atom stereocenters. The van der Waals surface area contributed by atoms with E-state index in [-0.39, 0.29) is 11.8 Å². The van der Waals surface area contributed by atoms with Gasteiger partial charge in [-0.3, -0.25) is 4.79 Å². The Morgan fingerprint density at radius 2 is 2.10 bits per heavy atom. The van der Waals surface area contributed by atoms with Gasteiger partial charge in [0.15, 0.2) is 0 Å². The van der Waals surface area contributed by atoms with Gasteiger partial charge >= 0.3 is 0 Å². The van der Waals surface area contributed by atoms with E-state index in [9.17, 15) is 4.79 Å². The molecule has 1 heterocycles. The molecule has 3 nitrogen and oxygen atoms in total. The third-order valence-corrected chi connectivity index (χ3v) is 4.92. The fraction of sp³-hybridized carbons (Fsp3) is 0.250. The van der Waals surface area contributed by atoms with Crippen molar-refractivity contribution in [2.45, 2.75) is 19.3 Å². The molecule has 1 aromatic heterocycles. The molecular formula is C16H14BrClN2O. The Kier molecular flexibility index (Phi) is 4.27. The molecular weight excluding hydrogens is 352 g/mol. The van der Waals surface area contributed by atoms with E-state index in [0.29, 0.717) is 15.3 Å². The number of hydrogen-bond acceptors (Lipinski definition) is 2. The van der Waals surface area contributed by atoms with Crippen LogP contribution in [-0.4, -0.2) is 10.9 Å². The lowest BCUT2D eigenvalue weighted by Gasteiger charge is -2.23. The quantitative estimate of drug-likeness (QED) is 0.809. The van der Waals surface area contributed by atoms with E-state index in [4.69, 9.17) is 11.6 Å². The first-order chi connectivity index (χ1) is 10.1. The van der Waals surface area contributed by atoms with Gasteiger partial charge < -0.3 is 5.32 Å². The Balaban J connectivity index is 1.70. The largest absolute Gasteiger partial charge is 0.324 e. The smallest absolute Gasteiger partial charge is 0.227 e. The molecule has 0 spiro atoms. The number of aromatic nitrogens is 1. The second kappa shape index (κ2) is 6.16. The number of nitrogens with one attached hydrogen (secondary N) is 1. The summed E-state index contributed by atoms with van der Waals surface area (Å²) in [5, 5.41) is 3.31. The van der Waals surface area contributed by atoms with Gasteiger partial charge in [0.25, 0.3) is 0 Å². The minimum Gasteiger partial charge on any atom is -0.324 e. The number of amides is 1. The van der Waals surface area contributed by atoms with Crippen molar-refractivity contribution in [2.24, 2.45) is 5.92 Å². The van der Waals surface area contributed by atoms with E-state index in [0.717, 1.165) is 19.3 Å². The molecule has 5 heteroatoms. The molecule has 0 saturated heterocycles. The van der Waals surface area contributed by atoms with Crippen LogP contribution in [0.4, 0.5) is 5.69 Å². The number of nitrogens with zero attached hydrogens (tertiary/aromatic N) is 1. The van der Waals surface area contributed by atoms with Crippen molar-refractivity contribution < 1.29 is 4.79 Å². The van der Waals surface area contributed by atoms with Gasteiger partial charge in [-0.15, -0.1) is 0 Å². The molecule has 1 aliphatic rings. The van der Waals surface area contributed by atoms with E-state index in [1.807, 2.05) is 6.07 Å². The summed E-state index contributed by atoms with van der Waals surface area (Å²) in [6.45, 7) is 0. The average Bonchev–Trinajstić information content (AvgIpc) is 2.50. The molecule has 0 saturated carbocycles. The Morgan fingerprint density at radius 3 is 2.86 bits per heavy atom. The van der Waals surface area contributed by atoms with Gasteiger partial charge in [0.1, 0.15) is 5.15 Å². The standard InChI is InChI=1S/C16H14BrClN2O/c17-14-8-13(9-19-15(14)18)20-16(21)12-6-5-10-3-1-2-4-11(10)7-12/h1-4,8-9,12H,5-7H2,(H,20,21). The maximum atomic E-state index is 12.4. The topological polar surface area (TPSA) is 42.0 Å². The monoisotopic (exact) mass is 364 g/mol. The number of hydrogen-bond donors (Lipinski definition) is 1. The molecule has 0 bridgehead atoms. The van der Waals surface area contributed by atoms with E-state index in [2.05, 4.69) is 44.4 Å². The Morgan fingerprint density at radius 1 is 1.33 bits per heavy atom. The summed E-state index contributed by atoms with van der Waals surface area (Å²) in [4.78, 5) is 16.4. The van der Waals surface area contributed by atoms with Crippen LogP contribution in [-0.2, 0) is 17.6 Å². The van der Waals surface area contributed by atoms with Crippen LogP contribution < -0.4 is 5.32 Å². The van der Waals surface area contributed by atoms with Crippen molar-refractivity contribution in [1.82, 2.24) is 4.98 Å². The number of aryl methyl sites for hydroxylation is 1. The first kappa shape index (κ1) is 14.5. The number of carbonyl (C=O) groups excluding carboxylic acids is 1. The molecule has 1 amide bonds. The molecule has 2 aromatic rings. The van der Waals surface area contributed by atoms with Crippen LogP contribution in [0.5, 0.6) is 0 Å². The molecule has 0 fully saturated rings. The predicted octanol–water partition coefficient (Wildman–Crippen LogP) is 4.24. The lowest BCUT2D eigenvalue weighted by molar-refractivity contribution is -0.120. The van der Waals surface area contributed by atoms with Crippen molar-refractivity contribution in [3.8, 4) is 0 Å². The number of halogens is 2. The van der Waals surface area contributed by atoms with Crippen molar-refractivity contribution in [3.63, 3.8) is 0 Å². The predicted molar refractivity (Wildman–Crippen MR) is 87.5 cm³/mol. The van der Waals surface area contributed by atoms with Crippen LogP contribution in [0.2, 0.25) is 5.15 Å². The van der Waals surface area contributed by atoms with Gasteiger partial charge in [-0.2, -0.15) is 0 Å². The molecule has 1 aliphatic carbocycles. The van der Waals surface area contributed by atoms with E-state index in [1.54, 1.807) is 12.3 Å². The number of anilines is 1. The SMILES string of the molecule is O=C(Nc1cnc(Cl)c(Br)c1)C1CCc2ccccc2C1. The minimum atomic E-state index is 0.00866. The molecule has 3 rings (SSSR count). The minimum absolute atomic E-state index is 0.00866. The van der Waals surface area contributed by atoms with Crippen molar-refractivity contribution in [2.75, 3.05) is 5.32 Å². The first-order valence-electron chi connectivity index (χ1n) is 6.82. The maximum absolute atomic E-state index is 12.4. The molecule has 1 unspecified atom stereocenters. The summed E-state index contributed by atoms with van der Waals surface area (Å²) >= 11 is 9.16. The number of carbonyl (C=O) groups is 1. The van der Waals surface area contributed by atoms with Crippen LogP contribution in [0.3, 0.4) is 0 Å². The normalized spacial score (nSPS) is 17.1. The summed E-state index contributed by atoms with van der Waals surface area (Å²) in [5.41, 5.74) is 3.30. The summed E-state index contributed by atoms with van der Waals surface area (Å²) in [7, 11) is 0. The number of fused-ring (bicyclic) bond motifs is 1. The van der Waals surface area contributed by atoms with Crippen LogP contribution in [0.1, 0.15) is 17.5 Å². The zero-order chi connectivity index (χ0) is 14.8. The number of pyridine rings is 1. The third-order valence-electron chi connectivity index (χ3n) is 3.78. The van der Waals surface area contributed by atoms with Gasteiger partial charge in [-0.25, -0.2) is 4.98 Å². The lowest BCUT2D eigenvalue weighted by Crippen LogP contribution is -2.28. The second-order valence-electron chi connectivity index (χ2n) is 5.19. The zero-order valence-electron chi connectivity index (χ0n) is 11.3. The van der Waals surface area contributed by atoms with E-state index >= 15 is 0 Å². The van der Waals surface area contributed by atoms with E-state index in [1.165, 1.54) is 11.1 Å². The highest BCUT2D eigenvalue weighted by molar-refractivity contribution is 9.10. The highest BCUT2D eigenvalue weighted by atomic mass is 79.9. The summed E-state index contributed by atoms with van der Waals surface area (Å²) in [6, 6.07) is 10.1. The Hall–Kier alpha value is -1.39. The molecule has 0 aliphatic heterocycles. The molecule has 108 valence electrons. The van der Waals surface area contributed by atoms with Crippen molar-refractivity contribution in [1.29, 1.82) is 0 Å². The van der Waals surface area contributed by atoms with Crippen molar-refractivity contribution in [3.05, 3.63) is 57.3 Å². The van der Waals surface area contributed by atoms with Crippen molar-refractivity contribution >= 4 is 39.1 Å². The highest BCUT2D eigenvalue weighted by Gasteiger charge is 2.24. The van der Waals surface area contributed by atoms with Crippen LogP contribution >= 0.6 is 27.5 Å². The van der Waals surface area contributed by atoms with Crippen LogP contribution in [0, 0.1) is 5.92 Å². The third kappa shape index (κ3) is 3.27. The van der Waals surface area contributed by atoms with E-state index < -0.39 is 0 Å². The fourth-order valence-corrected chi connectivity index (χ4v) is 3.11. The molecule has 1 N–H and O–H groups in total. The van der Waals surface area contributed by atoms with Crippen LogP contribution in [0.25, 0.3) is 0 Å². The Bertz CT molecular complexity index is 690. The van der Waals surface area contributed by atoms with Gasteiger partial charge in [0.05, 0.1) is 16.4 Å². The lowest BCUT2D eigenvalue weighted by atomic mass is 9.83. The first-order valence-corrected chi connectivity index (χ1v) is 7.99. The van der Waals surface area contributed by atoms with Gasteiger partial charge in [0.2, 0.25) is 5.91 Å². The molecule has 1 aromatic carbocycles. The summed E-state index contributed by atoms with van der Waals surface area (Å²) in [5.74, 6) is 0.0508. The highest BCUT2D eigenvalue weighted by Crippen LogP contribution is 2.27.